The number of halogens is 5. The van der Waals surface area contributed by atoms with Gasteiger partial charge in [0, 0.05) is 36.8 Å². The molecule has 16 heteroatoms. The van der Waals surface area contributed by atoms with E-state index in [-0.39, 0.29) is 46.0 Å². The van der Waals surface area contributed by atoms with Crippen molar-refractivity contribution in [2.45, 2.75) is 37.9 Å². The van der Waals surface area contributed by atoms with E-state index in [9.17, 15) is 22.4 Å². The topological polar surface area (TPSA) is 112 Å². The van der Waals surface area contributed by atoms with E-state index in [2.05, 4.69) is 37.1 Å². The van der Waals surface area contributed by atoms with Crippen LogP contribution in [0.5, 0.6) is 5.88 Å². The van der Waals surface area contributed by atoms with E-state index < -0.39 is 29.9 Å². The molecular formula is C29H32ClF4N9O2. The number of aromatic nitrogens is 4. The van der Waals surface area contributed by atoms with E-state index in [1.165, 1.54) is 24.5 Å². The van der Waals surface area contributed by atoms with Gasteiger partial charge in [-0.05, 0) is 50.4 Å². The fourth-order valence-corrected chi connectivity index (χ4v) is 5.51. The van der Waals surface area contributed by atoms with Gasteiger partial charge in [-0.2, -0.15) is 23.1 Å². The maximum absolute atomic E-state index is 14.3. The number of hydrogen-bond acceptors (Lipinski definition) is 10. The average molecular weight is 650 g/mol. The van der Waals surface area contributed by atoms with Crippen LogP contribution in [0, 0.1) is 5.82 Å². The van der Waals surface area contributed by atoms with E-state index in [0.29, 0.717) is 30.9 Å². The molecule has 0 spiro atoms. The van der Waals surface area contributed by atoms with Crippen LogP contribution in [-0.2, 0) is 10.2 Å². The number of benzene rings is 1. The molecule has 1 atom stereocenters. The molecule has 2 aromatic heterocycles. The summed E-state index contributed by atoms with van der Waals surface area (Å²) in [5, 5.41) is 5.51. The van der Waals surface area contributed by atoms with Gasteiger partial charge < -0.3 is 30.1 Å². The first-order chi connectivity index (χ1) is 21.1. The number of ether oxygens (including phenoxy) is 1. The lowest BCUT2D eigenvalue weighted by molar-refractivity contribution is -0.153. The Kier molecular flexibility index (Phi) is 8.77. The number of fused-ring (bicyclic) bond motifs is 1. The third-order valence-electron chi connectivity index (χ3n) is 7.64. The highest BCUT2D eigenvalue weighted by Crippen LogP contribution is 2.45. The normalized spacial score (nSPS) is 17.4. The van der Waals surface area contributed by atoms with Crippen molar-refractivity contribution in [1.82, 2.24) is 24.8 Å². The molecule has 4 heterocycles. The van der Waals surface area contributed by atoms with Gasteiger partial charge in [0.15, 0.2) is 12.4 Å². The Labute approximate surface area is 262 Å². The highest BCUT2D eigenvalue weighted by Gasteiger charge is 2.38. The molecule has 0 saturated carbocycles. The molecule has 5 rings (SSSR count). The first-order valence-corrected chi connectivity index (χ1v) is 14.4. The van der Waals surface area contributed by atoms with Crippen LogP contribution in [0.15, 0.2) is 37.2 Å². The van der Waals surface area contributed by atoms with Crippen LogP contribution in [0.1, 0.15) is 25.8 Å². The quantitative estimate of drug-likeness (QED) is 0.230. The Morgan fingerprint density at radius 3 is 2.64 bits per heavy atom. The Morgan fingerprint density at radius 2 is 1.98 bits per heavy atom. The molecule has 240 valence electrons. The summed E-state index contributed by atoms with van der Waals surface area (Å²) in [4.78, 5) is 35.4. The smallest absolute Gasteiger partial charge is 0.422 e. The van der Waals surface area contributed by atoms with Crippen molar-refractivity contribution in [1.29, 1.82) is 0 Å². The van der Waals surface area contributed by atoms with Gasteiger partial charge in [0.25, 0.3) is 0 Å². The number of nitrogens with zero attached hydrogens (tertiary/aromatic N) is 7. The molecule has 11 nitrogen and oxygen atoms in total. The average Bonchev–Trinajstić information content (AvgIpc) is 3.56. The number of likely N-dealkylation sites (N-methyl/N-ethyl adjacent to an activating group) is 1. The number of rotatable bonds is 9. The predicted octanol–water partition coefficient (Wildman–Crippen LogP) is 5.44. The number of hydrogen-bond donors (Lipinski definition) is 2. The summed E-state index contributed by atoms with van der Waals surface area (Å²) in [7, 11) is 3.87. The number of carbonyl (C=O) groups excluding carboxylic acids is 1. The van der Waals surface area contributed by atoms with E-state index in [4.69, 9.17) is 16.3 Å². The van der Waals surface area contributed by atoms with Crippen LogP contribution in [0.2, 0.25) is 5.02 Å². The summed E-state index contributed by atoms with van der Waals surface area (Å²) in [6.07, 6.45) is -1.56. The van der Waals surface area contributed by atoms with Crippen molar-refractivity contribution in [2.75, 3.05) is 60.8 Å². The number of amides is 1. The number of anilines is 6. The second-order valence-corrected chi connectivity index (χ2v) is 12.1. The minimum absolute atomic E-state index is 0.0323. The molecular weight excluding hydrogens is 618 g/mol. The SMILES string of the molecule is C=CC(=O)Nc1cc(Nc2ncnc(N3CC(C)(C)c4cc(F)c(Cl)cc43)n2)c(OCC(F)(F)F)nc1N1CC[C@@H](N(C)C)C1. The van der Waals surface area contributed by atoms with E-state index >= 15 is 0 Å². The molecule has 1 fully saturated rings. The third-order valence-corrected chi connectivity index (χ3v) is 7.93. The fraction of sp³-hybridized carbons (Fsp3) is 0.414. The Morgan fingerprint density at radius 1 is 1.22 bits per heavy atom. The van der Waals surface area contributed by atoms with Crippen molar-refractivity contribution in [3.63, 3.8) is 0 Å². The molecule has 0 aliphatic carbocycles. The van der Waals surface area contributed by atoms with Crippen LogP contribution >= 0.6 is 11.6 Å². The Balaban J connectivity index is 1.53. The van der Waals surface area contributed by atoms with Crippen LogP contribution in [0.3, 0.4) is 0 Å². The van der Waals surface area contributed by atoms with Crippen LogP contribution in [-0.4, -0.2) is 83.3 Å². The molecule has 3 aromatic rings. The zero-order valence-electron chi connectivity index (χ0n) is 25.0. The summed E-state index contributed by atoms with van der Waals surface area (Å²) >= 11 is 6.09. The minimum atomic E-state index is -4.64. The zero-order valence-corrected chi connectivity index (χ0v) is 25.8. The van der Waals surface area contributed by atoms with Gasteiger partial charge >= 0.3 is 6.18 Å². The minimum Gasteiger partial charge on any atom is -0.466 e. The molecule has 0 radical (unpaired) electrons. The molecule has 1 aromatic carbocycles. The second-order valence-electron chi connectivity index (χ2n) is 11.6. The Bertz CT molecular complexity index is 1620. The first kappa shape index (κ1) is 32.2. The summed E-state index contributed by atoms with van der Waals surface area (Å²) in [6.45, 7) is 7.24. The summed E-state index contributed by atoms with van der Waals surface area (Å²) in [5.74, 6) is -1.06. The van der Waals surface area contributed by atoms with Crippen molar-refractivity contribution >= 4 is 52.3 Å². The van der Waals surface area contributed by atoms with Crippen LogP contribution in [0.4, 0.5) is 52.3 Å². The molecule has 45 heavy (non-hydrogen) atoms. The van der Waals surface area contributed by atoms with Crippen LogP contribution < -0.4 is 25.2 Å². The van der Waals surface area contributed by atoms with Gasteiger partial charge in [0.2, 0.25) is 23.7 Å². The molecule has 2 N–H and O–H groups in total. The molecule has 1 amide bonds. The zero-order chi connectivity index (χ0) is 32.7. The lowest BCUT2D eigenvalue weighted by Crippen LogP contribution is -2.32. The summed E-state index contributed by atoms with van der Waals surface area (Å²) < 4.78 is 59.3. The van der Waals surface area contributed by atoms with E-state index in [0.717, 1.165) is 12.5 Å². The molecule has 0 bridgehead atoms. The molecule has 2 aliphatic heterocycles. The largest absolute Gasteiger partial charge is 0.466 e. The van der Waals surface area contributed by atoms with Crippen molar-refractivity contribution < 1.29 is 27.1 Å². The molecule has 2 aliphatic rings. The third kappa shape index (κ3) is 7.04. The monoisotopic (exact) mass is 649 g/mol. The van der Waals surface area contributed by atoms with E-state index in [1.807, 2.05) is 37.7 Å². The Hall–Kier alpha value is -4.24. The van der Waals surface area contributed by atoms with Crippen LogP contribution in [0.25, 0.3) is 0 Å². The lowest BCUT2D eigenvalue weighted by Gasteiger charge is -2.25. The maximum Gasteiger partial charge on any atom is 0.422 e. The van der Waals surface area contributed by atoms with Gasteiger partial charge in [-0.3, -0.25) is 4.79 Å². The highest BCUT2D eigenvalue weighted by atomic mass is 35.5. The molecule has 1 saturated heterocycles. The summed E-state index contributed by atoms with van der Waals surface area (Å²) in [5.41, 5.74) is 1.04. The lowest BCUT2D eigenvalue weighted by atomic mass is 9.87. The highest BCUT2D eigenvalue weighted by molar-refractivity contribution is 6.31. The first-order valence-electron chi connectivity index (χ1n) is 14.0. The van der Waals surface area contributed by atoms with Crippen molar-refractivity contribution in [2.24, 2.45) is 0 Å². The maximum atomic E-state index is 14.3. The van der Waals surface area contributed by atoms with Crippen molar-refractivity contribution in [3.8, 4) is 5.88 Å². The van der Waals surface area contributed by atoms with Crippen molar-refractivity contribution in [3.05, 3.63) is 53.6 Å². The predicted molar refractivity (Wildman–Crippen MR) is 163 cm³/mol. The van der Waals surface area contributed by atoms with Gasteiger partial charge in [-0.1, -0.05) is 32.0 Å². The fourth-order valence-electron chi connectivity index (χ4n) is 5.35. The number of nitrogens with one attached hydrogen (secondary N) is 2. The number of carbonyl (C=O) groups is 1. The standard InChI is InChI=1S/C29H32ClF4N9O2/c1-6-23(44)37-20-11-21(25(45-14-29(32,33)34)39-24(20)42-8-7-16(12-42)41(4)5)38-26-35-15-36-27(40-26)43-13-28(2,3)17-9-19(31)18(30)10-22(17)43/h6,9-11,15-16H,1,7-8,12-14H2,2-5H3,(H,37,44)(H,35,36,38,40)/t16-/m1/s1. The second kappa shape index (κ2) is 12.3. The van der Waals surface area contributed by atoms with Gasteiger partial charge in [-0.15, -0.1) is 0 Å². The number of pyridine rings is 1. The molecule has 0 unspecified atom stereocenters. The van der Waals surface area contributed by atoms with Gasteiger partial charge in [-0.25, -0.2) is 14.4 Å². The van der Waals surface area contributed by atoms with Gasteiger partial charge in [0.1, 0.15) is 17.8 Å². The summed E-state index contributed by atoms with van der Waals surface area (Å²) in [6, 6.07) is 4.47. The van der Waals surface area contributed by atoms with Gasteiger partial charge in [0.05, 0.1) is 10.7 Å². The number of alkyl halides is 3. The van der Waals surface area contributed by atoms with E-state index in [1.54, 1.807) is 4.90 Å².